The number of aryl methyl sites for hydroxylation is 1. The molecule has 0 aliphatic carbocycles. The molecule has 7 nitrogen and oxygen atoms in total. The predicted octanol–water partition coefficient (Wildman–Crippen LogP) is 7.07. The van der Waals surface area contributed by atoms with Crippen molar-refractivity contribution in [3.8, 4) is 33.2 Å². The summed E-state index contributed by atoms with van der Waals surface area (Å²) in [5, 5.41) is 11.1. The van der Waals surface area contributed by atoms with Crippen LogP contribution in [0.3, 0.4) is 0 Å². The third-order valence-corrected chi connectivity index (χ3v) is 7.05. The van der Waals surface area contributed by atoms with Gasteiger partial charge in [-0.2, -0.15) is 5.10 Å². The van der Waals surface area contributed by atoms with E-state index in [2.05, 4.69) is 56.1 Å². The summed E-state index contributed by atoms with van der Waals surface area (Å²) < 4.78 is 15.1. The maximum absolute atomic E-state index is 15.1. The summed E-state index contributed by atoms with van der Waals surface area (Å²) in [5.74, 6) is 0.147. The van der Waals surface area contributed by atoms with Crippen LogP contribution >= 0.6 is 11.3 Å². The molecule has 3 N–H and O–H groups in total. The van der Waals surface area contributed by atoms with Crippen molar-refractivity contribution >= 4 is 39.0 Å². The molecule has 6 aromatic rings. The van der Waals surface area contributed by atoms with Gasteiger partial charge < -0.3 is 10.3 Å². The van der Waals surface area contributed by atoms with Crippen LogP contribution in [0.5, 0.6) is 0 Å². The van der Waals surface area contributed by atoms with E-state index in [1.165, 1.54) is 10.9 Å². The highest BCUT2D eigenvalue weighted by molar-refractivity contribution is 7.15. The number of allylic oxidation sites excluding steroid dienone is 1. The summed E-state index contributed by atoms with van der Waals surface area (Å²) >= 11 is 1.67. The molecule has 5 heterocycles. The highest BCUT2D eigenvalue weighted by Gasteiger charge is 2.19. The van der Waals surface area contributed by atoms with Crippen LogP contribution < -0.4 is 5.32 Å². The van der Waals surface area contributed by atoms with E-state index < -0.39 is 5.82 Å². The van der Waals surface area contributed by atoms with Gasteiger partial charge in [0, 0.05) is 33.9 Å². The summed E-state index contributed by atoms with van der Waals surface area (Å²) in [4.78, 5) is 19.3. The van der Waals surface area contributed by atoms with Crippen LogP contribution in [-0.2, 0) is 0 Å². The fourth-order valence-electron chi connectivity index (χ4n) is 4.18. The first-order chi connectivity index (χ1) is 17.5. The number of aromatic amines is 2. The molecule has 0 aliphatic heterocycles. The number of benzene rings is 1. The smallest absolute Gasteiger partial charge is 0.157 e. The molecule has 0 saturated carbocycles. The Hall–Kier alpha value is -4.37. The molecule has 0 saturated heterocycles. The Morgan fingerprint density at radius 2 is 2.00 bits per heavy atom. The Morgan fingerprint density at radius 3 is 2.81 bits per heavy atom. The third-order valence-electron chi connectivity index (χ3n) is 6.04. The molecule has 0 aliphatic rings. The monoisotopic (exact) mass is 495 g/mol. The molecule has 6 rings (SSSR count). The molecule has 0 bridgehead atoms. The van der Waals surface area contributed by atoms with Crippen molar-refractivity contribution in [1.29, 1.82) is 0 Å². The van der Waals surface area contributed by atoms with Crippen LogP contribution in [0.2, 0.25) is 0 Å². The Morgan fingerprint density at radius 1 is 1.11 bits per heavy atom. The number of nitrogens with zero attached hydrogens (tertiary/aromatic N) is 4. The lowest BCUT2D eigenvalue weighted by molar-refractivity contribution is 0.636. The quantitative estimate of drug-likeness (QED) is 0.230. The minimum Gasteiger partial charge on any atom is -0.358 e. The normalized spacial score (nSPS) is 11.4. The number of aromatic nitrogens is 6. The van der Waals surface area contributed by atoms with E-state index in [4.69, 9.17) is 4.98 Å². The fourth-order valence-corrected chi connectivity index (χ4v) is 5.04. The summed E-state index contributed by atoms with van der Waals surface area (Å²) in [5.41, 5.74) is 6.42. The molecule has 5 aromatic heterocycles. The molecule has 0 fully saturated rings. The lowest BCUT2D eigenvalue weighted by atomic mass is 10.0. The second kappa shape index (κ2) is 8.69. The molecular weight excluding hydrogens is 473 g/mol. The summed E-state index contributed by atoms with van der Waals surface area (Å²) in [6.07, 6.45) is 5.99. The van der Waals surface area contributed by atoms with Gasteiger partial charge in [0.1, 0.15) is 22.4 Å². The van der Waals surface area contributed by atoms with E-state index in [0.29, 0.717) is 22.5 Å². The molecule has 0 atom stereocenters. The number of rotatable bonds is 6. The first kappa shape index (κ1) is 22.1. The largest absolute Gasteiger partial charge is 0.358 e. The molecule has 9 heteroatoms. The maximum Gasteiger partial charge on any atom is 0.157 e. The fraction of sp³-hybridized carbons (Fsp3) is 0.111. The minimum atomic E-state index is -0.422. The van der Waals surface area contributed by atoms with Gasteiger partial charge >= 0.3 is 0 Å². The lowest BCUT2D eigenvalue weighted by Gasteiger charge is -2.09. The Balaban J connectivity index is 1.46. The van der Waals surface area contributed by atoms with Crippen molar-refractivity contribution in [1.82, 2.24) is 30.1 Å². The molecule has 0 spiro atoms. The van der Waals surface area contributed by atoms with Crippen LogP contribution in [0.4, 0.5) is 10.1 Å². The molecule has 178 valence electrons. The average Bonchev–Trinajstić information content (AvgIpc) is 3.61. The topological polar surface area (TPSA) is 95.2 Å². The van der Waals surface area contributed by atoms with Gasteiger partial charge in [-0.05, 0) is 55.3 Å². The van der Waals surface area contributed by atoms with Crippen molar-refractivity contribution < 1.29 is 4.39 Å². The summed E-state index contributed by atoms with van der Waals surface area (Å²) in [6, 6.07) is 11.3. The van der Waals surface area contributed by atoms with Crippen molar-refractivity contribution in [2.24, 2.45) is 0 Å². The second-order valence-electron chi connectivity index (χ2n) is 8.55. The summed E-state index contributed by atoms with van der Waals surface area (Å²) in [6.45, 7) is 8.07. The van der Waals surface area contributed by atoms with Crippen LogP contribution in [0.15, 0.2) is 67.3 Å². The molecule has 0 radical (unpaired) electrons. The van der Waals surface area contributed by atoms with Gasteiger partial charge in [-0.15, -0.1) is 11.3 Å². The lowest BCUT2D eigenvalue weighted by Crippen LogP contribution is -1.97. The van der Waals surface area contributed by atoms with Gasteiger partial charge in [0.15, 0.2) is 11.6 Å². The van der Waals surface area contributed by atoms with Gasteiger partial charge in [0.05, 0.1) is 22.3 Å². The maximum atomic E-state index is 15.1. The number of anilines is 1. The minimum absolute atomic E-state index is 0.253. The summed E-state index contributed by atoms with van der Waals surface area (Å²) in [7, 11) is 0. The zero-order valence-electron chi connectivity index (χ0n) is 19.7. The van der Waals surface area contributed by atoms with Crippen molar-refractivity contribution in [2.75, 3.05) is 5.32 Å². The first-order valence-corrected chi connectivity index (χ1v) is 12.3. The van der Waals surface area contributed by atoms with Gasteiger partial charge in [0.2, 0.25) is 0 Å². The van der Waals surface area contributed by atoms with Crippen LogP contribution in [0, 0.1) is 12.7 Å². The van der Waals surface area contributed by atoms with Crippen molar-refractivity contribution in [3.63, 3.8) is 0 Å². The Kier molecular flexibility index (Phi) is 5.34. The number of imidazole rings is 1. The zero-order chi connectivity index (χ0) is 24.8. The number of fused-ring (bicyclic) bond motifs is 2. The van der Waals surface area contributed by atoms with Gasteiger partial charge in [-0.25, -0.2) is 9.37 Å². The molecular formula is C27H22FN7S. The number of hydrogen-bond donors (Lipinski definition) is 3. The van der Waals surface area contributed by atoms with Crippen molar-refractivity contribution in [2.45, 2.75) is 20.3 Å². The SMILES string of the molecule is C=C(CC)Nc1cncc(-c2cc(F)c3n[nH]c(-c4nc5c(-c6ccc(C)s6)nccc5[nH]4)c3c2)c1. The number of H-pyrrole nitrogens is 2. The number of pyridine rings is 2. The Bertz CT molecular complexity index is 1760. The zero-order valence-corrected chi connectivity index (χ0v) is 20.5. The standard InChI is InChI=1S/C27H22FN7S/c1-4-14(2)31-18-9-17(12-29-13-18)16-10-19-23(20(28)11-16)34-35-24(19)27-32-21-7-8-30-26(25(21)33-27)22-6-5-15(3)36-22/h5-13,31H,2,4H2,1,3H3,(H,32,33)(H,34,35). The van der Waals surface area contributed by atoms with Gasteiger partial charge in [0.25, 0.3) is 0 Å². The van der Waals surface area contributed by atoms with Crippen molar-refractivity contribution in [3.05, 3.63) is 78.0 Å². The van der Waals surface area contributed by atoms with E-state index in [1.807, 2.05) is 25.1 Å². The number of halogens is 1. The second-order valence-corrected chi connectivity index (χ2v) is 9.84. The van der Waals surface area contributed by atoms with Crippen LogP contribution in [-0.4, -0.2) is 30.1 Å². The highest BCUT2D eigenvalue weighted by Crippen LogP contribution is 2.35. The number of hydrogen-bond acceptors (Lipinski definition) is 6. The van der Waals surface area contributed by atoms with Crippen LogP contribution in [0.25, 0.3) is 55.2 Å². The molecule has 36 heavy (non-hydrogen) atoms. The van der Waals surface area contributed by atoms with E-state index in [9.17, 15) is 0 Å². The third kappa shape index (κ3) is 3.83. The molecule has 0 unspecified atom stereocenters. The van der Waals surface area contributed by atoms with Gasteiger partial charge in [-0.3, -0.25) is 15.1 Å². The van der Waals surface area contributed by atoms with E-state index in [-0.39, 0.29) is 5.52 Å². The van der Waals surface area contributed by atoms with Crippen LogP contribution in [0.1, 0.15) is 18.2 Å². The number of nitrogens with one attached hydrogen (secondary N) is 3. The molecule has 1 aromatic carbocycles. The van der Waals surface area contributed by atoms with E-state index in [0.717, 1.165) is 45.0 Å². The van der Waals surface area contributed by atoms with E-state index in [1.54, 1.807) is 29.9 Å². The predicted molar refractivity (Wildman–Crippen MR) is 143 cm³/mol. The average molecular weight is 496 g/mol. The first-order valence-electron chi connectivity index (χ1n) is 11.5. The Labute approximate surface area is 210 Å². The molecule has 0 amide bonds. The highest BCUT2D eigenvalue weighted by atomic mass is 32.1. The van der Waals surface area contributed by atoms with E-state index >= 15 is 4.39 Å². The van der Waals surface area contributed by atoms with Gasteiger partial charge in [-0.1, -0.05) is 13.5 Å². The number of thiophene rings is 1.